The number of likely N-dealkylation sites (N-methyl/N-ethyl adjacent to an activating group) is 1. The third kappa shape index (κ3) is 2.34. The van der Waals surface area contributed by atoms with Gasteiger partial charge < -0.3 is 14.7 Å². The molecule has 0 bridgehead atoms. The number of carbonyl (C=O) groups is 1. The molecule has 1 N–H and O–H groups in total. The maximum absolute atomic E-state index is 12.2. The van der Waals surface area contributed by atoms with E-state index in [1.807, 2.05) is 0 Å². The molecule has 0 spiro atoms. The first-order valence-electron chi connectivity index (χ1n) is 5.44. The molecule has 90 valence electrons. The van der Waals surface area contributed by atoms with E-state index in [1.165, 1.54) is 4.90 Å². The summed E-state index contributed by atoms with van der Waals surface area (Å²) in [6, 6.07) is 1.86. The van der Waals surface area contributed by atoms with Gasteiger partial charge in [-0.1, -0.05) is 0 Å². The van der Waals surface area contributed by atoms with Crippen molar-refractivity contribution in [3.05, 3.63) is 0 Å². The van der Waals surface area contributed by atoms with E-state index in [2.05, 4.69) is 6.07 Å². The zero-order valence-electron chi connectivity index (χ0n) is 9.77. The van der Waals surface area contributed by atoms with Crippen LogP contribution >= 0.6 is 0 Å². The smallest absolute Gasteiger partial charge is 0.243 e. The van der Waals surface area contributed by atoms with Crippen LogP contribution in [0.4, 0.5) is 0 Å². The van der Waals surface area contributed by atoms with Crippen LogP contribution in [0.15, 0.2) is 0 Å². The SMILES string of the molecule is CC(CO)N(C)C(=O)C1(C#N)CCOCC1. The lowest BCUT2D eigenvalue weighted by atomic mass is 9.80. The summed E-state index contributed by atoms with van der Waals surface area (Å²) < 4.78 is 5.17. The Bertz CT molecular complexity index is 292. The van der Waals surface area contributed by atoms with Crippen molar-refractivity contribution in [2.24, 2.45) is 5.41 Å². The summed E-state index contributed by atoms with van der Waals surface area (Å²) in [7, 11) is 1.62. The average molecular weight is 226 g/mol. The van der Waals surface area contributed by atoms with Gasteiger partial charge in [0.25, 0.3) is 0 Å². The number of nitrogens with zero attached hydrogens (tertiary/aromatic N) is 2. The summed E-state index contributed by atoms with van der Waals surface area (Å²) in [6.07, 6.45) is 0.871. The molecule has 1 aliphatic heterocycles. The van der Waals surface area contributed by atoms with Crippen LogP contribution in [0.5, 0.6) is 0 Å². The Balaban J connectivity index is 2.80. The van der Waals surface area contributed by atoms with Crippen molar-refractivity contribution in [3.63, 3.8) is 0 Å². The fraction of sp³-hybridized carbons (Fsp3) is 0.818. The molecule has 1 aliphatic rings. The van der Waals surface area contributed by atoms with Crippen molar-refractivity contribution in [2.75, 3.05) is 26.9 Å². The van der Waals surface area contributed by atoms with Crippen molar-refractivity contribution in [1.29, 1.82) is 5.26 Å². The Morgan fingerprint density at radius 1 is 1.62 bits per heavy atom. The van der Waals surface area contributed by atoms with Gasteiger partial charge >= 0.3 is 0 Å². The van der Waals surface area contributed by atoms with E-state index in [-0.39, 0.29) is 18.6 Å². The van der Waals surface area contributed by atoms with Crippen LogP contribution in [0.25, 0.3) is 0 Å². The van der Waals surface area contributed by atoms with E-state index in [0.717, 1.165) is 0 Å². The van der Waals surface area contributed by atoms with Gasteiger partial charge in [-0.2, -0.15) is 5.26 Å². The van der Waals surface area contributed by atoms with E-state index < -0.39 is 5.41 Å². The van der Waals surface area contributed by atoms with Gasteiger partial charge in [0, 0.05) is 20.3 Å². The molecule has 0 aliphatic carbocycles. The maximum atomic E-state index is 12.2. The molecule has 0 aromatic heterocycles. The summed E-state index contributed by atoms with van der Waals surface area (Å²) in [5.74, 6) is -0.208. The molecule has 0 saturated carbocycles. The first-order chi connectivity index (χ1) is 7.57. The number of amides is 1. The molecule has 1 atom stereocenters. The molecular weight excluding hydrogens is 208 g/mol. The third-order valence-corrected chi connectivity index (χ3v) is 3.22. The van der Waals surface area contributed by atoms with Crippen molar-refractivity contribution in [3.8, 4) is 6.07 Å². The Morgan fingerprint density at radius 3 is 2.62 bits per heavy atom. The van der Waals surface area contributed by atoms with Gasteiger partial charge in [0.05, 0.1) is 18.7 Å². The van der Waals surface area contributed by atoms with E-state index >= 15 is 0 Å². The average Bonchev–Trinajstić information content (AvgIpc) is 2.36. The molecule has 16 heavy (non-hydrogen) atoms. The maximum Gasteiger partial charge on any atom is 0.243 e. The summed E-state index contributed by atoms with van der Waals surface area (Å²) in [5, 5.41) is 18.2. The molecule has 1 amide bonds. The first-order valence-corrected chi connectivity index (χ1v) is 5.44. The van der Waals surface area contributed by atoms with Crippen LogP contribution in [0.2, 0.25) is 0 Å². The lowest BCUT2D eigenvalue weighted by Crippen LogP contribution is -2.48. The molecule has 0 aromatic carbocycles. The zero-order chi connectivity index (χ0) is 12.2. The van der Waals surface area contributed by atoms with Gasteiger partial charge in [-0.25, -0.2) is 0 Å². The highest BCUT2D eigenvalue weighted by molar-refractivity contribution is 5.85. The number of rotatable bonds is 3. The highest BCUT2D eigenvalue weighted by Crippen LogP contribution is 2.32. The number of ether oxygens (including phenoxy) is 1. The molecule has 1 fully saturated rings. The van der Waals surface area contributed by atoms with Crippen LogP contribution in [0.1, 0.15) is 19.8 Å². The van der Waals surface area contributed by atoms with E-state index in [1.54, 1.807) is 14.0 Å². The first kappa shape index (κ1) is 12.9. The monoisotopic (exact) mass is 226 g/mol. The van der Waals surface area contributed by atoms with Crippen LogP contribution in [0.3, 0.4) is 0 Å². The van der Waals surface area contributed by atoms with E-state index in [0.29, 0.717) is 26.1 Å². The number of aliphatic hydroxyl groups is 1. The molecular formula is C11H18N2O3. The Morgan fingerprint density at radius 2 is 2.19 bits per heavy atom. The fourth-order valence-electron chi connectivity index (χ4n) is 1.75. The number of nitriles is 1. The van der Waals surface area contributed by atoms with Gasteiger partial charge in [0.15, 0.2) is 0 Å². The molecule has 1 unspecified atom stereocenters. The van der Waals surface area contributed by atoms with E-state index in [9.17, 15) is 10.1 Å². The molecule has 1 saturated heterocycles. The van der Waals surface area contributed by atoms with Gasteiger partial charge in [0.2, 0.25) is 5.91 Å². The molecule has 0 aromatic rings. The normalized spacial score (nSPS) is 20.9. The second-order valence-electron chi connectivity index (χ2n) is 4.25. The minimum atomic E-state index is -0.962. The fourth-order valence-corrected chi connectivity index (χ4v) is 1.75. The number of hydrogen-bond donors (Lipinski definition) is 1. The predicted octanol–water partition coefficient (Wildman–Crippen LogP) is 0.146. The van der Waals surface area contributed by atoms with Crippen molar-refractivity contribution in [1.82, 2.24) is 4.90 Å². The van der Waals surface area contributed by atoms with Gasteiger partial charge in [-0.15, -0.1) is 0 Å². The van der Waals surface area contributed by atoms with Crippen LogP contribution in [-0.4, -0.2) is 48.8 Å². The van der Waals surface area contributed by atoms with Gasteiger partial charge in [-0.05, 0) is 19.8 Å². The van der Waals surface area contributed by atoms with Crippen LogP contribution < -0.4 is 0 Å². The van der Waals surface area contributed by atoms with Gasteiger partial charge in [-0.3, -0.25) is 4.79 Å². The number of aliphatic hydroxyl groups excluding tert-OH is 1. The Labute approximate surface area is 95.6 Å². The second-order valence-corrected chi connectivity index (χ2v) is 4.25. The van der Waals surface area contributed by atoms with Crippen molar-refractivity contribution < 1.29 is 14.6 Å². The summed E-state index contributed by atoms with van der Waals surface area (Å²) in [4.78, 5) is 13.6. The molecule has 5 heteroatoms. The summed E-state index contributed by atoms with van der Waals surface area (Å²) >= 11 is 0. The highest BCUT2D eigenvalue weighted by atomic mass is 16.5. The Kier molecular flexibility index (Phi) is 4.27. The molecule has 1 rings (SSSR count). The number of carbonyl (C=O) groups excluding carboxylic acids is 1. The van der Waals surface area contributed by atoms with Crippen LogP contribution in [-0.2, 0) is 9.53 Å². The molecule has 1 heterocycles. The largest absolute Gasteiger partial charge is 0.394 e. The standard InChI is InChI=1S/C11H18N2O3/c1-9(7-14)13(2)10(15)11(8-12)3-5-16-6-4-11/h9,14H,3-7H2,1-2H3. The quantitative estimate of drug-likeness (QED) is 0.743. The summed E-state index contributed by atoms with van der Waals surface area (Å²) in [5.41, 5.74) is -0.962. The Hall–Kier alpha value is -1.12. The number of hydrogen-bond acceptors (Lipinski definition) is 4. The zero-order valence-corrected chi connectivity index (χ0v) is 9.77. The lowest BCUT2D eigenvalue weighted by molar-refractivity contribution is -0.144. The van der Waals surface area contributed by atoms with E-state index in [4.69, 9.17) is 9.84 Å². The lowest BCUT2D eigenvalue weighted by Gasteiger charge is -2.35. The summed E-state index contributed by atoms with van der Waals surface area (Å²) in [6.45, 7) is 2.55. The predicted molar refractivity (Wildman–Crippen MR) is 57.4 cm³/mol. The van der Waals surface area contributed by atoms with Crippen molar-refractivity contribution in [2.45, 2.75) is 25.8 Å². The highest BCUT2D eigenvalue weighted by Gasteiger charge is 2.42. The second kappa shape index (κ2) is 5.28. The molecule has 0 radical (unpaired) electrons. The minimum Gasteiger partial charge on any atom is -0.394 e. The third-order valence-electron chi connectivity index (χ3n) is 3.22. The van der Waals surface area contributed by atoms with Gasteiger partial charge in [0.1, 0.15) is 5.41 Å². The van der Waals surface area contributed by atoms with Crippen LogP contribution in [0, 0.1) is 16.7 Å². The topological polar surface area (TPSA) is 73.6 Å². The minimum absolute atomic E-state index is 0.0970. The van der Waals surface area contributed by atoms with Crippen molar-refractivity contribution >= 4 is 5.91 Å². The molecule has 5 nitrogen and oxygen atoms in total.